The smallest absolute Gasteiger partial charge is 0.0698 e. The van der Waals surface area contributed by atoms with E-state index >= 15 is 0 Å². The summed E-state index contributed by atoms with van der Waals surface area (Å²) in [6, 6.07) is 1.47. The molecule has 2 aliphatic carbocycles. The molecular weight excluding hydrogens is 176 g/mol. The molecule has 3 nitrogen and oxygen atoms in total. The zero-order valence-electron chi connectivity index (χ0n) is 8.48. The van der Waals surface area contributed by atoms with Crippen molar-refractivity contribution in [2.75, 3.05) is 19.7 Å². The predicted octanol–water partition coefficient (Wildman–Crippen LogP) is 0.620. The first kappa shape index (κ1) is 8.08. The molecule has 14 heavy (non-hydrogen) atoms. The van der Waals surface area contributed by atoms with Crippen LogP contribution in [0.3, 0.4) is 0 Å². The first-order chi connectivity index (χ1) is 6.93. The summed E-state index contributed by atoms with van der Waals surface area (Å²) < 4.78 is 0. The highest BCUT2D eigenvalue weighted by Crippen LogP contribution is 2.53. The molecule has 0 radical (unpaired) electrons. The third-order valence-corrected chi connectivity index (χ3v) is 4.83. The van der Waals surface area contributed by atoms with Gasteiger partial charge in [-0.1, -0.05) is 0 Å². The maximum atomic E-state index is 5.73. The van der Waals surface area contributed by atoms with Gasteiger partial charge in [-0.15, -0.1) is 0 Å². The fraction of sp³-hybridized carbons (Fsp3) is 1.00. The van der Waals surface area contributed by atoms with Crippen LogP contribution >= 0.6 is 0 Å². The highest BCUT2D eigenvalue weighted by atomic mass is 16.7. The molecule has 2 saturated heterocycles. The lowest BCUT2D eigenvalue weighted by molar-refractivity contribution is -0.156. The maximum Gasteiger partial charge on any atom is 0.0698 e. The second kappa shape index (κ2) is 2.71. The molecule has 2 aliphatic heterocycles. The average Bonchev–Trinajstić information content (AvgIpc) is 2.85. The van der Waals surface area contributed by atoms with Gasteiger partial charge in [0.25, 0.3) is 0 Å². The van der Waals surface area contributed by atoms with Crippen LogP contribution in [0.4, 0.5) is 0 Å². The Balaban J connectivity index is 1.62. The molecule has 5 atom stereocenters. The normalized spacial score (nSPS) is 56.1. The van der Waals surface area contributed by atoms with Gasteiger partial charge in [0.05, 0.1) is 12.6 Å². The molecule has 78 valence electrons. The highest BCUT2D eigenvalue weighted by molar-refractivity contribution is 5.12. The molecule has 2 heterocycles. The van der Waals surface area contributed by atoms with Gasteiger partial charge in [-0.25, -0.2) is 0 Å². The molecule has 2 saturated carbocycles. The van der Waals surface area contributed by atoms with Crippen molar-refractivity contribution in [3.63, 3.8) is 0 Å². The molecule has 4 aliphatic rings. The van der Waals surface area contributed by atoms with Crippen molar-refractivity contribution in [1.29, 1.82) is 0 Å². The minimum Gasteiger partial charge on any atom is -0.312 e. The third kappa shape index (κ3) is 0.884. The Morgan fingerprint density at radius 1 is 1.21 bits per heavy atom. The van der Waals surface area contributed by atoms with E-state index in [1.165, 1.54) is 25.8 Å². The molecule has 0 aromatic carbocycles. The van der Waals surface area contributed by atoms with Gasteiger partial charge in [0.15, 0.2) is 0 Å². The Bertz CT molecular complexity index is 248. The number of hydrogen-bond donors (Lipinski definition) is 1. The van der Waals surface area contributed by atoms with Gasteiger partial charge in [-0.05, 0) is 43.6 Å². The molecule has 0 amide bonds. The van der Waals surface area contributed by atoms with E-state index < -0.39 is 0 Å². The lowest BCUT2D eigenvalue weighted by Gasteiger charge is -2.33. The van der Waals surface area contributed by atoms with Crippen molar-refractivity contribution in [3.05, 3.63) is 0 Å². The fourth-order valence-electron chi connectivity index (χ4n) is 4.38. The van der Waals surface area contributed by atoms with Gasteiger partial charge < -0.3 is 5.32 Å². The van der Waals surface area contributed by atoms with Crippen molar-refractivity contribution in [2.24, 2.45) is 17.8 Å². The van der Waals surface area contributed by atoms with Gasteiger partial charge in [-0.2, -0.15) is 5.06 Å². The van der Waals surface area contributed by atoms with E-state index in [9.17, 15) is 0 Å². The Morgan fingerprint density at radius 3 is 3.07 bits per heavy atom. The van der Waals surface area contributed by atoms with Gasteiger partial charge >= 0.3 is 0 Å². The fourth-order valence-corrected chi connectivity index (χ4v) is 4.38. The summed E-state index contributed by atoms with van der Waals surface area (Å²) in [6.45, 7) is 3.39. The van der Waals surface area contributed by atoms with Crippen LogP contribution < -0.4 is 5.32 Å². The monoisotopic (exact) mass is 194 g/mol. The lowest BCUT2D eigenvalue weighted by atomic mass is 9.86. The Labute approximate surface area is 84.7 Å². The van der Waals surface area contributed by atoms with E-state index in [0.717, 1.165) is 36.9 Å². The third-order valence-electron chi connectivity index (χ3n) is 4.83. The molecule has 3 heteroatoms. The molecule has 1 N–H and O–H groups in total. The van der Waals surface area contributed by atoms with Gasteiger partial charge in [0.2, 0.25) is 0 Å². The second-order valence-electron chi connectivity index (χ2n) is 5.41. The summed E-state index contributed by atoms with van der Waals surface area (Å²) in [4.78, 5) is 5.73. The van der Waals surface area contributed by atoms with Crippen molar-refractivity contribution < 1.29 is 4.84 Å². The summed E-state index contributed by atoms with van der Waals surface area (Å²) in [5.41, 5.74) is 0. The number of nitrogens with one attached hydrogen (secondary N) is 1. The highest BCUT2D eigenvalue weighted by Gasteiger charge is 2.58. The summed E-state index contributed by atoms with van der Waals surface area (Å²) in [7, 11) is 0. The SMILES string of the molecule is C1CON(C2C3CC4CNC2C4C3)C1. The van der Waals surface area contributed by atoms with Gasteiger partial charge in [0, 0.05) is 12.6 Å². The van der Waals surface area contributed by atoms with Crippen LogP contribution in [-0.2, 0) is 4.84 Å². The first-order valence-corrected chi connectivity index (χ1v) is 6.06. The maximum absolute atomic E-state index is 5.73. The van der Waals surface area contributed by atoms with Crippen LogP contribution in [0, 0.1) is 17.8 Å². The van der Waals surface area contributed by atoms with Gasteiger partial charge in [0.1, 0.15) is 0 Å². The Morgan fingerprint density at radius 2 is 2.21 bits per heavy atom. The van der Waals surface area contributed by atoms with E-state index in [0.29, 0.717) is 6.04 Å². The van der Waals surface area contributed by atoms with Crippen LogP contribution in [-0.4, -0.2) is 36.8 Å². The van der Waals surface area contributed by atoms with Crippen molar-refractivity contribution in [3.8, 4) is 0 Å². The Hall–Kier alpha value is -0.120. The number of fused-ring (bicyclic) bond motifs is 1. The standard InChI is InChI=1S/C11H18N2O/c1-2-13(14-3-1)11-7-4-8-6-12-10(11)9(8)5-7/h7-12H,1-6H2. The largest absolute Gasteiger partial charge is 0.312 e. The zero-order chi connectivity index (χ0) is 9.12. The van der Waals surface area contributed by atoms with Crippen molar-refractivity contribution in [1.82, 2.24) is 10.4 Å². The molecule has 0 spiro atoms. The number of hydroxylamine groups is 2. The van der Waals surface area contributed by atoms with Crippen molar-refractivity contribution in [2.45, 2.75) is 31.3 Å². The topological polar surface area (TPSA) is 24.5 Å². The van der Waals surface area contributed by atoms with Crippen LogP contribution in [0.5, 0.6) is 0 Å². The molecular formula is C11H18N2O. The average molecular weight is 194 g/mol. The summed E-state index contributed by atoms with van der Waals surface area (Å²) in [6.07, 6.45) is 4.15. The summed E-state index contributed by atoms with van der Waals surface area (Å²) in [5, 5.41) is 6.01. The van der Waals surface area contributed by atoms with E-state index in [1.54, 1.807) is 0 Å². The quantitative estimate of drug-likeness (QED) is 0.662. The number of rotatable bonds is 1. The number of hydrogen-bond acceptors (Lipinski definition) is 3. The van der Waals surface area contributed by atoms with E-state index in [-0.39, 0.29) is 0 Å². The predicted molar refractivity (Wildman–Crippen MR) is 52.6 cm³/mol. The summed E-state index contributed by atoms with van der Waals surface area (Å²) in [5.74, 6) is 2.92. The minimum absolute atomic E-state index is 0.709. The van der Waals surface area contributed by atoms with E-state index in [2.05, 4.69) is 10.4 Å². The van der Waals surface area contributed by atoms with Crippen molar-refractivity contribution >= 4 is 0 Å². The molecule has 4 rings (SSSR count). The zero-order valence-corrected chi connectivity index (χ0v) is 8.48. The molecule has 5 unspecified atom stereocenters. The molecule has 0 aromatic heterocycles. The molecule has 4 fully saturated rings. The van der Waals surface area contributed by atoms with Crippen LogP contribution in [0.15, 0.2) is 0 Å². The van der Waals surface area contributed by atoms with Crippen LogP contribution in [0.1, 0.15) is 19.3 Å². The van der Waals surface area contributed by atoms with Gasteiger partial charge in [-0.3, -0.25) is 4.84 Å². The van der Waals surface area contributed by atoms with E-state index in [1.807, 2.05) is 0 Å². The molecule has 0 aromatic rings. The van der Waals surface area contributed by atoms with Crippen LogP contribution in [0.2, 0.25) is 0 Å². The molecule has 2 bridgehead atoms. The minimum atomic E-state index is 0.709. The van der Waals surface area contributed by atoms with Crippen LogP contribution in [0.25, 0.3) is 0 Å². The first-order valence-electron chi connectivity index (χ1n) is 6.06. The van der Waals surface area contributed by atoms with E-state index in [4.69, 9.17) is 4.84 Å². The Kier molecular flexibility index (Phi) is 1.57. The second-order valence-corrected chi connectivity index (χ2v) is 5.41. The number of nitrogens with zero attached hydrogens (tertiary/aromatic N) is 1. The lowest BCUT2D eigenvalue weighted by Crippen LogP contribution is -2.48. The summed E-state index contributed by atoms with van der Waals surface area (Å²) >= 11 is 0.